The maximum Gasteiger partial charge on any atom is 0.493 e. The van der Waals surface area contributed by atoms with Gasteiger partial charge in [-0.3, -0.25) is 0 Å². The minimum Gasteiger partial charge on any atom is -0.486 e. The van der Waals surface area contributed by atoms with Crippen LogP contribution in [0.2, 0.25) is 5.02 Å². The molecule has 1 aliphatic heterocycles. The highest BCUT2D eigenvalue weighted by molar-refractivity contribution is 6.65. The molecule has 2 rings (SSSR count). The molecule has 0 amide bonds. The van der Waals surface area contributed by atoms with E-state index in [2.05, 4.69) is 0 Å². The molecule has 0 saturated carbocycles. The number of nitriles is 1. The van der Waals surface area contributed by atoms with Crippen molar-refractivity contribution in [3.8, 4) is 11.8 Å². The van der Waals surface area contributed by atoms with Gasteiger partial charge in [0.05, 0.1) is 17.7 Å². The predicted octanol–water partition coefficient (Wildman–Crippen LogP) is 0.317. The van der Waals surface area contributed by atoms with E-state index in [0.29, 0.717) is 5.56 Å². The highest BCUT2D eigenvalue weighted by Crippen LogP contribution is 2.31. The monoisotopic (exact) mass is 284 g/mol. The summed E-state index contributed by atoms with van der Waals surface area (Å²) in [6.07, 6.45) is 0. The fourth-order valence-electron chi connectivity index (χ4n) is 1.69. The number of rotatable bonds is 3. The second-order valence-electron chi connectivity index (χ2n) is 4.56. The zero-order valence-corrected chi connectivity index (χ0v) is 10.9. The molecule has 0 radical (unpaired) electrons. The van der Waals surface area contributed by atoms with E-state index < -0.39 is 18.5 Å². The van der Waals surface area contributed by atoms with Crippen molar-refractivity contribution in [3.05, 3.63) is 22.5 Å². The number of benzene rings is 1. The first-order valence-electron chi connectivity index (χ1n) is 5.49. The first-order chi connectivity index (χ1) is 8.85. The summed E-state index contributed by atoms with van der Waals surface area (Å²) >= 11 is 6.00. The van der Waals surface area contributed by atoms with Gasteiger partial charge in [-0.05, 0) is 18.6 Å². The SMILES string of the molecule is C[C@@](N)(C#N)COc1c(F)cc2c(c1Cl)B(O)OC2. The average molecular weight is 284 g/mol. The van der Waals surface area contributed by atoms with Crippen molar-refractivity contribution >= 4 is 24.2 Å². The molecule has 5 nitrogen and oxygen atoms in total. The second kappa shape index (κ2) is 4.98. The van der Waals surface area contributed by atoms with Gasteiger partial charge in [0, 0.05) is 5.46 Å². The maximum absolute atomic E-state index is 13.8. The molecule has 0 aliphatic carbocycles. The molecule has 0 saturated heterocycles. The lowest BCUT2D eigenvalue weighted by Crippen LogP contribution is -2.41. The van der Waals surface area contributed by atoms with Crippen LogP contribution in [0.15, 0.2) is 6.07 Å². The van der Waals surface area contributed by atoms with E-state index >= 15 is 0 Å². The highest BCUT2D eigenvalue weighted by atomic mass is 35.5. The summed E-state index contributed by atoms with van der Waals surface area (Å²) in [5, 5.41) is 18.3. The van der Waals surface area contributed by atoms with Crippen molar-refractivity contribution in [2.24, 2.45) is 5.73 Å². The number of halogens is 2. The quantitative estimate of drug-likeness (QED) is 0.780. The Morgan fingerprint density at radius 1 is 1.79 bits per heavy atom. The highest BCUT2D eigenvalue weighted by Gasteiger charge is 2.34. The van der Waals surface area contributed by atoms with Gasteiger partial charge in [-0.15, -0.1) is 0 Å². The molecule has 0 aromatic heterocycles. The smallest absolute Gasteiger partial charge is 0.486 e. The zero-order chi connectivity index (χ0) is 14.2. The van der Waals surface area contributed by atoms with Crippen LogP contribution in [-0.2, 0) is 11.3 Å². The first-order valence-corrected chi connectivity index (χ1v) is 5.87. The van der Waals surface area contributed by atoms with Crippen LogP contribution < -0.4 is 15.9 Å². The van der Waals surface area contributed by atoms with Gasteiger partial charge in [0.25, 0.3) is 0 Å². The number of hydrogen-bond donors (Lipinski definition) is 2. The molecule has 0 bridgehead atoms. The zero-order valence-electron chi connectivity index (χ0n) is 10.1. The van der Waals surface area contributed by atoms with Crippen LogP contribution in [0.1, 0.15) is 12.5 Å². The van der Waals surface area contributed by atoms with Gasteiger partial charge >= 0.3 is 7.12 Å². The van der Waals surface area contributed by atoms with Crippen LogP contribution >= 0.6 is 11.6 Å². The minimum absolute atomic E-state index is 0.0614. The summed E-state index contributed by atoms with van der Waals surface area (Å²) in [7, 11) is -1.20. The Kier molecular flexibility index (Phi) is 3.70. The van der Waals surface area contributed by atoms with E-state index in [1.165, 1.54) is 13.0 Å². The summed E-state index contributed by atoms with van der Waals surface area (Å²) in [5.41, 5.74) is 5.07. The van der Waals surface area contributed by atoms with Crippen LogP contribution in [0, 0.1) is 17.1 Å². The van der Waals surface area contributed by atoms with Gasteiger partial charge < -0.3 is 20.1 Å². The van der Waals surface area contributed by atoms with E-state index in [1.807, 2.05) is 6.07 Å². The van der Waals surface area contributed by atoms with Crippen molar-refractivity contribution < 1.29 is 18.8 Å². The summed E-state index contributed by atoms with van der Waals surface area (Å²) in [5.74, 6) is -0.924. The van der Waals surface area contributed by atoms with Gasteiger partial charge in [0.15, 0.2) is 11.6 Å². The molecular formula is C11H11BClFN2O3. The van der Waals surface area contributed by atoms with E-state index in [4.69, 9.17) is 32.0 Å². The molecule has 1 heterocycles. The Morgan fingerprint density at radius 3 is 3.11 bits per heavy atom. The first kappa shape index (κ1) is 14.1. The minimum atomic E-state index is -1.26. The molecule has 19 heavy (non-hydrogen) atoms. The summed E-state index contributed by atoms with van der Waals surface area (Å²) in [6.45, 7) is 1.31. The van der Waals surface area contributed by atoms with Gasteiger partial charge in [-0.1, -0.05) is 11.6 Å². The average Bonchev–Trinajstić information content (AvgIpc) is 2.70. The predicted molar refractivity (Wildman–Crippen MR) is 67.5 cm³/mol. The van der Waals surface area contributed by atoms with E-state index in [1.54, 1.807) is 0 Å². The summed E-state index contributed by atoms with van der Waals surface area (Å²) in [4.78, 5) is 0. The van der Waals surface area contributed by atoms with Crippen LogP contribution in [0.3, 0.4) is 0 Å². The van der Waals surface area contributed by atoms with Crippen LogP contribution in [-0.4, -0.2) is 24.3 Å². The molecule has 1 aromatic rings. The molecule has 100 valence electrons. The standard InChI is InChI=1S/C11H11BClFN2O3/c1-11(16,4-15)5-18-10-7(14)2-6-3-19-12(17)8(6)9(10)13/h2,17H,3,5,16H2,1H3/t11-/m1/s1. The third kappa shape index (κ3) is 2.67. The third-order valence-corrected chi connectivity index (χ3v) is 3.09. The van der Waals surface area contributed by atoms with Crippen LogP contribution in [0.25, 0.3) is 0 Å². The van der Waals surface area contributed by atoms with Crippen molar-refractivity contribution in [2.75, 3.05) is 6.61 Å². The molecular weight excluding hydrogens is 273 g/mol. The Bertz CT molecular complexity index is 562. The Morgan fingerprint density at radius 2 is 2.47 bits per heavy atom. The largest absolute Gasteiger partial charge is 0.493 e. The van der Waals surface area contributed by atoms with Gasteiger partial charge in [0.2, 0.25) is 0 Å². The van der Waals surface area contributed by atoms with Gasteiger partial charge in [-0.25, -0.2) is 4.39 Å². The number of nitrogens with two attached hydrogens (primary N) is 1. The van der Waals surface area contributed by atoms with Crippen molar-refractivity contribution in [3.63, 3.8) is 0 Å². The van der Waals surface area contributed by atoms with Crippen LogP contribution in [0.4, 0.5) is 4.39 Å². The summed E-state index contributed by atoms with van der Waals surface area (Å²) in [6, 6.07) is 3.01. The van der Waals surface area contributed by atoms with Crippen molar-refractivity contribution in [1.82, 2.24) is 0 Å². The summed E-state index contributed by atoms with van der Waals surface area (Å²) < 4.78 is 24.0. The van der Waals surface area contributed by atoms with Gasteiger partial charge in [0.1, 0.15) is 12.1 Å². The van der Waals surface area contributed by atoms with Crippen molar-refractivity contribution in [1.29, 1.82) is 5.26 Å². The fraction of sp³-hybridized carbons (Fsp3) is 0.364. The molecule has 1 aromatic carbocycles. The lowest BCUT2D eigenvalue weighted by molar-refractivity contribution is 0.254. The number of hydrogen-bond acceptors (Lipinski definition) is 5. The maximum atomic E-state index is 13.8. The Balaban J connectivity index is 2.32. The van der Waals surface area contributed by atoms with Crippen LogP contribution in [0.5, 0.6) is 5.75 Å². The topological polar surface area (TPSA) is 88.5 Å². The van der Waals surface area contributed by atoms with Crippen molar-refractivity contribution in [2.45, 2.75) is 19.1 Å². The number of fused-ring (bicyclic) bond motifs is 1. The molecule has 0 unspecified atom stereocenters. The third-order valence-electron chi connectivity index (χ3n) is 2.72. The molecule has 1 aliphatic rings. The number of ether oxygens (including phenoxy) is 1. The van der Waals surface area contributed by atoms with E-state index in [0.717, 1.165) is 0 Å². The normalized spacial score (nSPS) is 16.7. The molecule has 3 N–H and O–H groups in total. The second-order valence-corrected chi connectivity index (χ2v) is 4.93. The lowest BCUT2D eigenvalue weighted by atomic mass is 9.79. The molecule has 1 atom stereocenters. The lowest BCUT2D eigenvalue weighted by Gasteiger charge is -2.18. The Hall–Kier alpha value is -1.33. The van der Waals surface area contributed by atoms with E-state index in [-0.39, 0.29) is 29.4 Å². The molecule has 8 heteroatoms. The Labute approximate surface area is 114 Å². The molecule has 0 fully saturated rings. The van der Waals surface area contributed by atoms with Gasteiger partial charge in [-0.2, -0.15) is 5.26 Å². The fourth-order valence-corrected chi connectivity index (χ4v) is 2.05. The van der Waals surface area contributed by atoms with E-state index in [9.17, 15) is 9.41 Å². The number of nitrogens with zero attached hydrogens (tertiary/aromatic N) is 1. The molecule has 0 spiro atoms.